The van der Waals surface area contributed by atoms with Gasteiger partial charge in [0.2, 0.25) is 0 Å². The molecule has 0 aromatic heterocycles. The van der Waals surface area contributed by atoms with Crippen LogP contribution in [0.2, 0.25) is 0 Å². The van der Waals surface area contributed by atoms with Crippen LogP contribution in [0.4, 0.5) is 4.79 Å². The van der Waals surface area contributed by atoms with Crippen LogP contribution < -0.4 is 0 Å². The van der Waals surface area contributed by atoms with Gasteiger partial charge in [0, 0.05) is 13.1 Å². The minimum atomic E-state index is -0.821. The van der Waals surface area contributed by atoms with Gasteiger partial charge >= 0.3 is 6.09 Å². The zero-order chi connectivity index (χ0) is 13.3. The van der Waals surface area contributed by atoms with Crippen LogP contribution in [-0.2, 0) is 4.74 Å². The van der Waals surface area contributed by atoms with Crippen molar-refractivity contribution < 1.29 is 14.6 Å². The molecule has 1 rings (SSSR count). The van der Waals surface area contributed by atoms with Crippen molar-refractivity contribution in [3.05, 3.63) is 12.2 Å². The molecule has 1 aliphatic heterocycles. The summed E-state index contributed by atoms with van der Waals surface area (Å²) in [6, 6.07) is 0. The molecule has 98 valence electrons. The molecule has 0 aromatic carbocycles. The summed E-state index contributed by atoms with van der Waals surface area (Å²) in [7, 11) is 0. The number of ether oxygens (including phenoxy) is 1. The SMILES string of the molecule is C=C(C)C1(O)CCN(C(=O)OC(C)(C)C)CC1. The molecule has 0 unspecified atom stereocenters. The second kappa shape index (κ2) is 4.69. The Bertz CT molecular complexity index is 309. The highest BCUT2D eigenvalue weighted by Crippen LogP contribution is 2.28. The summed E-state index contributed by atoms with van der Waals surface area (Å²) in [5.74, 6) is 0. The zero-order valence-electron chi connectivity index (χ0n) is 11.2. The normalized spacial score (nSPS) is 19.9. The summed E-state index contributed by atoms with van der Waals surface area (Å²) in [5.41, 5.74) is -0.529. The van der Waals surface area contributed by atoms with Gasteiger partial charge in [-0.05, 0) is 46.1 Å². The summed E-state index contributed by atoms with van der Waals surface area (Å²) in [5, 5.41) is 10.2. The molecule has 0 spiro atoms. The van der Waals surface area contributed by atoms with E-state index in [-0.39, 0.29) is 6.09 Å². The molecular formula is C13H23NO3. The van der Waals surface area contributed by atoms with Gasteiger partial charge in [-0.3, -0.25) is 0 Å². The van der Waals surface area contributed by atoms with Crippen LogP contribution in [0.25, 0.3) is 0 Å². The van der Waals surface area contributed by atoms with E-state index in [1.54, 1.807) is 4.90 Å². The lowest BCUT2D eigenvalue weighted by Gasteiger charge is -2.39. The largest absolute Gasteiger partial charge is 0.444 e. The summed E-state index contributed by atoms with van der Waals surface area (Å²) < 4.78 is 5.29. The van der Waals surface area contributed by atoms with E-state index in [0.29, 0.717) is 25.9 Å². The molecule has 0 aliphatic carbocycles. The Kier molecular flexibility index (Phi) is 3.87. The van der Waals surface area contributed by atoms with Crippen molar-refractivity contribution in [3.8, 4) is 0 Å². The van der Waals surface area contributed by atoms with E-state index in [1.165, 1.54) is 0 Å². The Balaban J connectivity index is 2.53. The molecule has 1 saturated heterocycles. The smallest absolute Gasteiger partial charge is 0.410 e. The number of aliphatic hydroxyl groups is 1. The molecule has 0 radical (unpaired) electrons. The van der Waals surface area contributed by atoms with Crippen LogP contribution in [0.15, 0.2) is 12.2 Å². The number of hydrogen-bond donors (Lipinski definition) is 1. The molecule has 4 heteroatoms. The Morgan fingerprint density at radius 1 is 1.35 bits per heavy atom. The summed E-state index contributed by atoms with van der Waals surface area (Å²) in [4.78, 5) is 13.4. The van der Waals surface area contributed by atoms with Gasteiger partial charge < -0.3 is 14.7 Å². The fourth-order valence-electron chi connectivity index (χ4n) is 1.81. The summed E-state index contributed by atoms with van der Waals surface area (Å²) >= 11 is 0. The van der Waals surface area contributed by atoms with Crippen molar-refractivity contribution in [2.24, 2.45) is 0 Å². The maximum atomic E-state index is 11.8. The number of carbonyl (C=O) groups excluding carboxylic acids is 1. The highest BCUT2D eigenvalue weighted by Gasteiger charge is 2.35. The molecule has 1 heterocycles. The third-order valence-corrected chi connectivity index (χ3v) is 3.04. The quantitative estimate of drug-likeness (QED) is 0.717. The number of likely N-dealkylation sites (tertiary alicyclic amines) is 1. The lowest BCUT2D eigenvalue weighted by Crippen LogP contribution is -2.48. The highest BCUT2D eigenvalue weighted by atomic mass is 16.6. The summed E-state index contributed by atoms with van der Waals surface area (Å²) in [6.07, 6.45) is 0.754. The number of hydrogen-bond acceptors (Lipinski definition) is 3. The van der Waals surface area contributed by atoms with Crippen molar-refractivity contribution in [1.82, 2.24) is 4.90 Å². The first-order valence-corrected chi connectivity index (χ1v) is 6.00. The number of nitrogens with zero attached hydrogens (tertiary/aromatic N) is 1. The van der Waals surface area contributed by atoms with Crippen LogP contribution >= 0.6 is 0 Å². The van der Waals surface area contributed by atoms with Gasteiger partial charge in [0.05, 0.1) is 5.60 Å². The molecular weight excluding hydrogens is 218 g/mol. The molecule has 1 fully saturated rings. The van der Waals surface area contributed by atoms with E-state index >= 15 is 0 Å². The van der Waals surface area contributed by atoms with Gasteiger partial charge in [-0.25, -0.2) is 4.79 Å². The van der Waals surface area contributed by atoms with Crippen molar-refractivity contribution in [2.75, 3.05) is 13.1 Å². The van der Waals surface area contributed by atoms with Gasteiger partial charge in [-0.15, -0.1) is 0 Å². The molecule has 0 saturated carbocycles. The number of rotatable bonds is 1. The second-order valence-electron chi connectivity index (χ2n) is 5.78. The molecule has 1 N–H and O–H groups in total. The first kappa shape index (κ1) is 14.0. The van der Waals surface area contributed by atoms with Gasteiger partial charge in [-0.2, -0.15) is 0 Å². The molecule has 17 heavy (non-hydrogen) atoms. The van der Waals surface area contributed by atoms with Crippen LogP contribution in [0.5, 0.6) is 0 Å². The maximum absolute atomic E-state index is 11.8. The fourth-order valence-corrected chi connectivity index (χ4v) is 1.81. The molecule has 1 aliphatic rings. The second-order valence-corrected chi connectivity index (χ2v) is 5.78. The zero-order valence-corrected chi connectivity index (χ0v) is 11.2. The minimum absolute atomic E-state index is 0.304. The predicted octanol–water partition coefficient (Wildman–Crippen LogP) is 2.32. The van der Waals surface area contributed by atoms with Crippen LogP contribution in [0.3, 0.4) is 0 Å². The van der Waals surface area contributed by atoms with Gasteiger partial charge in [0.15, 0.2) is 0 Å². The predicted molar refractivity (Wildman–Crippen MR) is 66.8 cm³/mol. The van der Waals surface area contributed by atoms with E-state index in [0.717, 1.165) is 5.57 Å². The Morgan fingerprint density at radius 3 is 2.18 bits per heavy atom. The number of carbonyl (C=O) groups is 1. The van der Waals surface area contributed by atoms with Crippen LogP contribution in [-0.4, -0.2) is 40.4 Å². The van der Waals surface area contributed by atoms with Crippen molar-refractivity contribution in [3.63, 3.8) is 0 Å². The first-order chi connectivity index (χ1) is 7.64. The number of amides is 1. The molecule has 0 bridgehead atoms. The molecule has 0 atom stereocenters. The van der Waals surface area contributed by atoms with Crippen LogP contribution in [0, 0.1) is 0 Å². The topological polar surface area (TPSA) is 49.8 Å². The molecule has 0 aromatic rings. The van der Waals surface area contributed by atoms with E-state index in [2.05, 4.69) is 6.58 Å². The molecule has 4 nitrogen and oxygen atoms in total. The molecule has 1 amide bonds. The fraction of sp³-hybridized carbons (Fsp3) is 0.769. The van der Waals surface area contributed by atoms with Crippen molar-refractivity contribution in [2.45, 2.75) is 51.7 Å². The third-order valence-electron chi connectivity index (χ3n) is 3.04. The first-order valence-electron chi connectivity index (χ1n) is 6.00. The standard InChI is InChI=1S/C13H23NO3/c1-10(2)13(16)6-8-14(9-7-13)11(15)17-12(3,4)5/h16H,1,6-9H2,2-5H3. The van der Waals surface area contributed by atoms with Crippen LogP contribution in [0.1, 0.15) is 40.5 Å². The Hall–Kier alpha value is -1.03. The lowest BCUT2D eigenvalue weighted by molar-refractivity contribution is -0.0130. The average molecular weight is 241 g/mol. The summed E-state index contributed by atoms with van der Waals surface area (Å²) in [6.45, 7) is 12.2. The highest BCUT2D eigenvalue weighted by molar-refractivity contribution is 5.68. The average Bonchev–Trinajstić information content (AvgIpc) is 2.15. The van der Waals surface area contributed by atoms with E-state index in [4.69, 9.17) is 4.74 Å². The van der Waals surface area contributed by atoms with E-state index < -0.39 is 11.2 Å². The Morgan fingerprint density at radius 2 is 1.82 bits per heavy atom. The minimum Gasteiger partial charge on any atom is -0.444 e. The van der Waals surface area contributed by atoms with Gasteiger partial charge in [-0.1, -0.05) is 6.58 Å². The maximum Gasteiger partial charge on any atom is 0.410 e. The van der Waals surface area contributed by atoms with Crippen molar-refractivity contribution in [1.29, 1.82) is 0 Å². The van der Waals surface area contributed by atoms with Crippen molar-refractivity contribution >= 4 is 6.09 Å². The van der Waals surface area contributed by atoms with E-state index in [1.807, 2.05) is 27.7 Å². The van der Waals surface area contributed by atoms with E-state index in [9.17, 15) is 9.90 Å². The Labute approximate surface area is 103 Å². The third kappa shape index (κ3) is 3.73. The van der Waals surface area contributed by atoms with Gasteiger partial charge in [0.25, 0.3) is 0 Å². The van der Waals surface area contributed by atoms with Gasteiger partial charge in [0.1, 0.15) is 5.60 Å². The monoisotopic (exact) mass is 241 g/mol. The number of piperidine rings is 1. The lowest BCUT2D eigenvalue weighted by atomic mass is 9.86.